The van der Waals surface area contributed by atoms with E-state index in [4.69, 9.17) is 0 Å². The Morgan fingerprint density at radius 2 is 1.89 bits per heavy atom. The molecule has 1 rings (SSSR count). The number of likely N-dealkylation sites (N-methyl/N-ethyl adjacent to an activating group) is 2. The van der Waals surface area contributed by atoms with Crippen LogP contribution in [0.4, 0.5) is 4.39 Å². The van der Waals surface area contributed by atoms with E-state index in [0.29, 0.717) is 6.04 Å². The van der Waals surface area contributed by atoms with Crippen molar-refractivity contribution in [3.8, 4) is 0 Å². The first-order valence-corrected chi connectivity index (χ1v) is 6.82. The van der Waals surface area contributed by atoms with Gasteiger partial charge in [0, 0.05) is 19.1 Å². The summed E-state index contributed by atoms with van der Waals surface area (Å²) < 4.78 is 12.8. The number of halogens is 1. The van der Waals surface area contributed by atoms with Crippen molar-refractivity contribution in [1.82, 2.24) is 10.2 Å². The van der Waals surface area contributed by atoms with Crippen LogP contribution < -0.4 is 5.32 Å². The molecule has 1 unspecified atom stereocenters. The third kappa shape index (κ3) is 5.61. The molecule has 0 aliphatic heterocycles. The summed E-state index contributed by atoms with van der Waals surface area (Å²) in [5, 5.41) is 3.51. The van der Waals surface area contributed by atoms with Gasteiger partial charge in [-0.3, -0.25) is 0 Å². The van der Waals surface area contributed by atoms with E-state index in [9.17, 15) is 4.39 Å². The molecule has 0 saturated heterocycles. The van der Waals surface area contributed by atoms with Crippen molar-refractivity contribution in [2.45, 2.75) is 39.3 Å². The second kappa shape index (κ2) is 8.22. The molecule has 0 fully saturated rings. The maximum Gasteiger partial charge on any atom is 0.123 e. The van der Waals surface area contributed by atoms with Gasteiger partial charge < -0.3 is 10.2 Å². The summed E-state index contributed by atoms with van der Waals surface area (Å²) in [5.41, 5.74) is 1.16. The van der Waals surface area contributed by atoms with E-state index in [1.54, 1.807) is 0 Å². The molecule has 2 nitrogen and oxygen atoms in total. The Hall–Kier alpha value is -0.930. The van der Waals surface area contributed by atoms with Gasteiger partial charge in [0.25, 0.3) is 0 Å². The summed E-state index contributed by atoms with van der Waals surface area (Å²) in [5.74, 6) is -0.169. The van der Waals surface area contributed by atoms with E-state index in [1.165, 1.54) is 25.0 Å². The first kappa shape index (κ1) is 15.1. The van der Waals surface area contributed by atoms with E-state index in [1.807, 2.05) is 12.1 Å². The third-order valence-corrected chi connectivity index (χ3v) is 3.03. The zero-order chi connectivity index (χ0) is 13.4. The van der Waals surface area contributed by atoms with Crippen LogP contribution in [0.1, 0.15) is 32.3 Å². The van der Waals surface area contributed by atoms with Gasteiger partial charge in [0.05, 0.1) is 0 Å². The Balaban J connectivity index is 2.43. The number of nitrogens with zero attached hydrogens (tertiary/aromatic N) is 1. The minimum absolute atomic E-state index is 0.169. The Bertz CT molecular complexity index is 318. The van der Waals surface area contributed by atoms with Gasteiger partial charge >= 0.3 is 0 Å². The zero-order valence-electron chi connectivity index (χ0n) is 11.7. The van der Waals surface area contributed by atoms with Crippen LogP contribution in [0.25, 0.3) is 0 Å². The summed E-state index contributed by atoms with van der Waals surface area (Å²) in [6.07, 6.45) is 2.39. The monoisotopic (exact) mass is 252 g/mol. The first-order valence-electron chi connectivity index (χ1n) is 6.82. The largest absolute Gasteiger partial charge is 0.313 e. The molecule has 0 bridgehead atoms. The van der Waals surface area contributed by atoms with Gasteiger partial charge in [-0.05, 0) is 37.7 Å². The fourth-order valence-electron chi connectivity index (χ4n) is 2.24. The van der Waals surface area contributed by atoms with Gasteiger partial charge in [-0.2, -0.15) is 0 Å². The lowest BCUT2D eigenvalue weighted by atomic mass is 10.1. The molecule has 1 atom stereocenters. The van der Waals surface area contributed by atoms with Gasteiger partial charge in [0.1, 0.15) is 5.82 Å². The van der Waals surface area contributed by atoms with Crippen LogP contribution in [-0.4, -0.2) is 31.1 Å². The van der Waals surface area contributed by atoms with E-state index in [2.05, 4.69) is 31.1 Å². The molecule has 102 valence electrons. The van der Waals surface area contributed by atoms with Crippen LogP contribution in [0.15, 0.2) is 24.3 Å². The van der Waals surface area contributed by atoms with Gasteiger partial charge in [-0.25, -0.2) is 4.39 Å². The molecule has 0 aliphatic rings. The van der Waals surface area contributed by atoms with E-state index in [-0.39, 0.29) is 5.82 Å². The number of benzene rings is 1. The molecule has 0 radical (unpaired) electrons. The van der Waals surface area contributed by atoms with Gasteiger partial charge in [0.2, 0.25) is 0 Å². The van der Waals surface area contributed by atoms with Crippen LogP contribution in [0, 0.1) is 5.82 Å². The topological polar surface area (TPSA) is 15.3 Å². The van der Waals surface area contributed by atoms with Crippen molar-refractivity contribution >= 4 is 0 Å². The average molecular weight is 252 g/mol. The van der Waals surface area contributed by atoms with Gasteiger partial charge in [0.15, 0.2) is 0 Å². The van der Waals surface area contributed by atoms with E-state index in [0.717, 1.165) is 25.2 Å². The summed E-state index contributed by atoms with van der Waals surface area (Å²) in [4.78, 5) is 2.29. The molecule has 1 N–H and O–H groups in total. The number of rotatable bonds is 8. The predicted octanol–water partition coefficient (Wildman–Crippen LogP) is 3.04. The Kier molecular flexibility index (Phi) is 6.91. The van der Waals surface area contributed by atoms with Crippen molar-refractivity contribution in [1.29, 1.82) is 0 Å². The molecular formula is C15H25FN2. The molecule has 0 spiro atoms. The highest BCUT2D eigenvalue weighted by Crippen LogP contribution is 2.07. The summed E-state index contributed by atoms with van der Waals surface area (Å²) in [6, 6.07) is 7.31. The fourth-order valence-corrected chi connectivity index (χ4v) is 2.24. The van der Waals surface area contributed by atoms with Crippen molar-refractivity contribution in [2.24, 2.45) is 0 Å². The molecule has 3 heteroatoms. The molecule has 1 aromatic rings. The van der Waals surface area contributed by atoms with E-state index >= 15 is 0 Å². The fraction of sp³-hybridized carbons (Fsp3) is 0.600. The predicted molar refractivity (Wildman–Crippen MR) is 75.1 cm³/mol. The molecule has 18 heavy (non-hydrogen) atoms. The van der Waals surface area contributed by atoms with Crippen LogP contribution in [0.3, 0.4) is 0 Å². The van der Waals surface area contributed by atoms with Crippen molar-refractivity contribution in [3.05, 3.63) is 35.6 Å². The highest BCUT2D eigenvalue weighted by molar-refractivity contribution is 5.15. The smallest absolute Gasteiger partial charge is 0.123 e. The normalized spacial score (nSPS) is 12.9. The second-order valence-corrected chi connectivity index (χ2v) is 4.87. The quantitative estimate of drug-likeness (QED) is 0.765. The molecule has 0 amide bonds. The van der Waals surface area contributed by atoms with Crippen LogP contribution in [-0.2, 0) is 6.54 Å². The average Bonchev–Trinajstić information content (AvgIpc) is 2.33. The van der Waals surface area contributed by atoms with E-state index < -0.39 is 0 Å². The maximum atomic E-state index is 12.8. The molecule has 0 aliphatic carbocycles. The van der Waals surface area contributed by atoms with Crippen molar-refractivity contribution < 1.29 is 4.39 Å². The van der Waals surface area contributed by atoms with Crippen LogP contribution >= 0.6 is 0 Å². The van der Waals surface area contributed by atoms with Crippen LogP contribution in [0.2, 0.25) is 0 Å². The van der Waals surface area contributed by atoms with Crippen molar-refractivity contribution in [3.63, 3.8) is 0 Å². The number of hydrogen-bond donors (Lipinski definition) is 1. The lowest BCUT2D eigenvalue weighted by molar-refractivity contribution is 0.275. The maximum absolute atomic E-state index is 12.8. The minimum Gasteiger partial charge on any atom is -0.313 e. The standard InChI is InChI=1S/C15H25FN2/c1-4-6-15(17-5-2)12-18(3)11-13-7-9-14(16)10-8-13/h7-10,15,17H,4-6,11-12H2,1-3H3. The third-order valence-electron chi connectivity index (χ3n) is 3.03. The molecule has 0 saturated carbocycles. The lowest BCUT2D eigenvalue weighted by Crippen LogP contribution is -2.39. The second-order valence-electron chi connectivity index (χ2n) is 4.87. The SMILES string of the molecule is CCCC(CN(C)Cc1ccc(F)cc1)NCC. The molecule has 0 aromatic heterocycles. The molecular weight excluding hydrogens is 227 g/mol. The number of nitrogens with one attached hydrogen (secondary N) is 1. The Morgan fingerprint density at radius 3 is 2.44 bits per heavy atom. The lowest BCUT2D eigenvalue weighted by Gasteiger charge is -2.24. The van der Waals surface area contributed by atoms with Gasteiger partial charge in [-0.1, -0.05) is 32.4 Å². The first-order chi connectivity index (χ1) is 8.65. The summed E-state index contributed by atoms with van der Waals surface area (Å²) in [6.45, 7) is 7.26. The summed E-state index contributed by atoms with van der Waals surface area (Å²) >= 11 is 0. The van der Waals surface area contributed by atoms with Gasteiger partial charge in [-0.15, -0.1) is 0 Å². The molecule has 1 aromatic carbocycles. The van der Waals surface area contributed by atoms with Crippen LogP contribution in [0.5, 0.6) is 0 Å². The Labute approximate surface area is 110 Å². The zero-order valence-corrected chi connectivity index (χ0v) is 11.7. The minimum atomic E-state index is -0.169. The Morgan fingerprint density at radius 1 is 1.22 bits per heavy atom. The highest BCUT2D eigenvalue weighted by atomic mass is 19.1. The molecule has 0 heterocycles. The highest BCUT2D eigenvalue weighted by Gasteiger charge is 2.09. The number of hydrogen-bond acceptors (Lipinski definition) is 2. The summed E-state index contributed by atoms with van der Waals surface area (Å²) in [7, 11) is 2.11. The van der Waals surface area contributed by atoms with Crippen molar-refractivity contribution in [2.75, 3.05) is 20.1 Å².